The molecule has 15 heavy (non-hydrogen) atoms. The van der Waals surface area contributed by atoms with E-state index >= 15 is 0 Å². The van der Waals surface area contributed by atoms with Gasteiger partial charge >= 0.3 is 0 Å². The van der Waals surface area contributed by atoms with Crippen LogP contribution in [0.25, 0.3) is 0 Å². The van der Waals surface area contributed by atoms with Crippen molar-refractivity contribution in [3.63, 3.8) is 0 Å². The van der Waals surface area contributed by atoms with Gasteiger partial charge in [0.1, 0.15) is 5.92 Å². The Morgan fingerprint density at radius 2 is 2.13 bits per heavy atom. The Morgan fingerprint density at radius 3 is 2.67 bits per heavy atom. The average Bonchev–Trinajstić information content (AvgIpc) is 2.23. The summed E-state index contributed by atoms with van der Waals surface area (Å²) in [5, 5.41) is 8.85. The van der Waals surface area contributed by atoms with E-state index in [0.717, 1.165) is 11.1 Å². The quantitative estimate of drug-likeness (QED) is 0.705. The molecule has 0 saturated carbocycles. The van der Waals surface area contributed by atoms with Crippen LogP contribution in [0.5, 0.6) is 0 Å². The van der Waals surface area contributed by atoms with Crippen LogP contribution in [0.1, 0.15) is 34.8 Å². The molecule has 78 valence electrons. The first kappa shape index (κ1) is 11.5. The largest absolute Gasteiger partial charge is 0.293 e. The van der Waals surface area contributed by atoms with Crippen molar-refractivity contribution in [1.82, 2.24) is 0 Å². The zero-order valence-electron chi connectivity index (χ0n) is 9.37. The fourth-order valence-electron chi connectivity index (χ4n) is 1.52. The van der Waals surface area contributed by atoms with Crippen molar-refractivity contribution in [2.24, 2.45) is 5.92 Å². The Labute approximate surface area is 90.5 Å². The van der Waals surface area contributed by atoms with Gasteiger partial charge in [0.2, 0.25) is 0 Å². The van der Waals surface area contributed by atoms with E-state index in [1.54, 1.807) is 0 Å². The van der Waals surface area contributed by atoms with Crippen LogP contribution >= 0.6 is 0 Å². The zero-order chi connectivity index (χ0) is 11.4. The van der Waals surface area contributed by atoms with Crippen LogP contribution < -0.4 is 0 Å². The highest BCUT2D eigenvalue weighted by atomic mass is 16.1. The van der Waals surface area contributed by atoms with Crippen molar-refractivity contribution in [2.75, 3.05) is 0 Å². The molecule has 0 bridgehead atoms. The predicted molar refractivity (Wildman–Crippen MR) is 59.6 cm³/mol. The number of hydrogen-bond donors (Lipinski definition) is 0. The zero-order valence-corrected chi connectivity index (χ0v) is 9.37. The summed E-state index contributed by atoms with van der Waals surface area (Å²) in [7, 11) is 0. The number of hydrogen-bond acceptors (Lipinski definition) is 2. The Bertz CT molecular complexity index is 415. The molecule has 1 aromatic rings. The summed E-state index contributed by atoms with van der Waals surface area (Å²) in [6, 6.07) is 7.80. The lowest BCUT2D eigenvalue weighted by Crippen LogP contribution is -2.13. The summed E-state index contributed by atoms with van der Waals surface area (Å²) in [6.45, 7) is 5.71. The summed E-state index contributed by atoms with van der Waals surface area (Å²) < 4.78 is 0. The van der Waals surface area contributed by atoms with E-state index in [9.17, 15) is 4.79 Å². The molecular formula is C13H15NO. The summed E-state index contributed by atoms with van der Waals surface area (Å²) in [5.41, 5.74) is 2.68. The molecule has 0 heterocycles. The lowest BCUT2D eigenvalue weighted by atomic mass is 9.93. The molecule has 0 fully saturated rings. The van der Waals surface area contributed by atoms with Gasteiger partial charge in [0.25, 0.3) is 0 Å². The van der Waals surface area contributed by atoms with Crippen molar-refractivity contribution in [1.29, 1.82) is 5.26 Å². The number of nitriles is 1. The van der Waals surface area contributed by atoms with Crippen LogP contribution in [0, 0.1) is 31.1 Å². The number of benzene rings is 1. The fraction of sp³-hybridized carbons (Fsp3) is 0.385. The summed E-state index contributed by atoms with van der Waals surface area (Å²) in [4.78, 5) is 12.0. The second-order valence-electron chi connectivity index (χ2n) is 3.77. The molecule has 1 aromatic carbocycles. The number of aryl methyl sites for hydroxylation is 2. The number of carbonyl (C=O) groups excluding carboxylic acids is 1. The molecule has 0 amide bonds. The van der Waals surface area contributed by atoms with E-state index in [1.807, 2.05) is 45.0 Å². The molecule has 0 aromatic heterocycles. The topological polar surface area (TPSA) is 40.9 Å². The highest BCUT2D eigenvalue weighted by Crippen LogP contribution is 2.17. The fourth-order valence-corrected chi connectivity index (χ4v) is 1.52. The van der Waals surface area contributed by atoms with E-state index in [1.165, 1.54) is 0 Å². The maximum absolute atomic E-state index is 12.0. The first-order valence-electron chi connectivity index (χ1n) is 5.11. The van der Waals surface area contributed by atoms with Crippen molar-refractivity contribution >= 4 is 5.78 Å². The molecule has 0 N–H and O–H groups in total. The van der Waals surface area contributed by atoms with Crippen LogP contribution in [-0.2, 0) is 0 Å². The molecule has 1 unspecified atom stereocenters. The minimum atomic E-state index is -0.509. The highest BCUT2D eigenvalue weighted by molar-refractivity contribution is 6.00. The van der Waals surface area contributed by atoms with Gasteiger partial charge in [-0.25, -0.2) is 0 Å². The van der Waals surface area contributed by atoms with E-state index in [0.29, 0.717) is 12.0 Å². The number of rotatable bonds is 3. The Kier molecular flexibility index (Phi) is 3.62. The second-order valence-corrected chi connectivity index (χ2v) is 3.77. The Morgan fingerprint density at radius 1 is 1.47 bits per heavy atom. The minimum absolute atomic E-state index is 0.0544. The third-order valence-corrected chi connectivity index (χ3v) is 2.54. The normalized spacial score (nSPS) is 11.9. The molecule has 1 atom stereocenters. The van der Waals surface area contributed by atoms with Crippen LogP contribution in [0.3, 0.4) is 0 Å². The molecule has 0 aliphatic heterocycles. The number of ketones is 1. The summed E-state index contributed by atoms with van der Waals surface area (Å²) in [5.74, 6) is -0.563. The van der Waals surface area contributed by atoms with Gasteiger partial charge in [-0.1, -0.05) is 24.6 Å². The second kappa shape index (κ2) is 4.75. The Hall–Kier alpha value is -1.62. The van der Waals surface area contributed by atoms with E-state index in [2.05, 4.69) is 0 Å². The maximum atomic E-state index is 12.0. The first-order valence-corrected chi connectivity index (χ1v) is 5.11. The molecule has 2 heteroatoms. The van der Waals surface area contributed by atoms with Crippen LogP contribution in [0.2, 0.25) is 0 Å². The van der Waals surface area contributed by atoms with Gasteiger partial charge in [-0.3, -0.25) is 4.79 Å². The molecule has 1 rings (SSSR count). The Balaban J connectivity index is 3.11. The standard InChI is InChI=1S/C13H15NO/c1-4-11(8-14)13(15)12-7-9(2)5-6-10(12)3/h5-7,11H,4H2,1-3H3. The number of nitrogens with zero attached hydrogens (tertiary/aromatic N) is 1. The molecule has 2 nitrogen and oxygen atoms in total. The average molecular weight is 201 g/mol. The molecule has 0 spiro atoms. The van der Waals surface area contributed by atoms with Crippen molar-refractivity contribution in [3.05, 3.63) is 34.9 Å². The lowest BCUT2D eigenvalue weighted by Gasteiger charge is -2.08. The number of carbonyl (C=O) groups is 1. The van der Waals surface area contributed by atoms with Gasteiger partial charge in [-0.2, -0.15) is 5.26 Å². The smallest absolute Gasteiger partial charge is 0.180 e. The highest BCUT2D eigenvalue weighted by Gasteiger charge is 2.19. The van der Waals surface area contributed by atoms with Gasteiger partial charge in [-0.15, -0.1) is 0 Å². The first-order chi connectivity index (χ1) is 7.10. The van der Waals surface area contributed by atoms with Gasteiger partial charge < -0.3 is 0 Å². The molecule has 0 aliphatic rings. The van der Waals surface area contributed by atoms with Gasteiger partial charge in [-0.05, 0) is 31.9 Å². The summed E-state index contributed by atoms with van der Waals surface area (Å²) in [6.07, 6.45) is 0.572. The molecule has 0 radical (unpaired) electrons. The van der Waals surface area contributed by atoms with Crippen LogP contribution in [0.4, 0.5) is 0 Å². The van der Waals surface area contributed by atoms with Crippen molar-refractivity contribution in [2.45, 2.75) is 27.2 Å². The third kappa shape index (κ3) is 2.44. The van der Waals surface area contributed by atoms with E-state index in [4.69, 9.17) is 5.26 Å². The van der Waals surface area contributed by atoms with Gasteiger partial charge in [0.05, 0.1) is 6.07 Å². The summed E-state index contributed by atoms with van der Waals surface area (Å²) >= 11 is 0. The predicted octanol–water partition coefficient (Wildman–Crippen LogP) is 3.04. The van der Waals surface area contributed by atoms with E-state index < -0.39 is 5.92 Å². The monoisotopic (exact) mass is 201 g/mol. The van der Waals surface area contributed by atoms with Gasteiger partial charge in [0.15, 0.2) is 5.78 Å². The minimum Gasteiger partial charge on any atom is -0.293 e. The SMILES string of the molecule is CCC(C#N)C(=O)c1cc(C)ccc1C. The van der Waals surface area contributed by atoms with Crippen LogP contribution in [-0.4, -0.2) is 5.78 Å². The molecule has 0 aliphatic carbocycles. The third-order valence-electron chi connectivity index (χ3n) is 2.54. The van der Waals surface area contributed by atoms with Crippen molar-refractivity contribution in [3.8, 4) is 6.07 Å². The molecule has 0 saturated heterocycles. The number of Topliss-reactive ketones (excluding diaryl/α,β-unsaturated/α-hetero) is 1. The van der Waals surface area contributed by atoms with Crippen molar-refractivity contribution < 1.29 is 4.79 Å². The molecular weight excluding hydrogens is 186 g/mol. The van der Waals surface area contributed by atoms with Crippen LogP contribution in [0.15, 0.2) is 18.2 Å². The van der Waals surface area contributed by atoms with Gasteiger partial charge in [0, 0.05) is 5.56 Å². The maximum Gasteiger partial charge on any atom is 0.180 e. The van der Waals surface area contributed by atoms with E-state index in [-0.39, 0.29) is 5.78 Å². The lowest BCUT2D eigenvalue weighted by molar-refractivity contribution is 0.0946.